The molecular weight excluding hydrogens is 260 g/mol. The highest BCUT2D eigenvalue weighted by atomic mass is 15.0. The van der Waals surface area contributed by atoms with Crippen LogP contribution in [0.3, 0.4) is 0 Å². The summed E-state index contributed by atoms with van der Waals surface area (Å²) in [4.78, 5) is 12.0. The number of aromatic nitrogens is 3. The third-order valence-electron chi connectivity index (χ3n) is 3.59. The summed E-state index contributed by atoms with van der Waals surface area (Å²) in [6.07, 6.45) is 4.53. The molecular formula is C17H20N4. The van der Waals surface area contributed by atoms with Crippen LogP contribution in [0.25, 0.3) is 22.2 Å². The van der Waals surface area contributed by atoms with Crippen LogP contribution in [0.5, 0.6) is 0 Å². The molecule has 21 heavy (non-hydrogen) atoms. The van der Waals surface area contributed by atoms with Crippen molar-refractivity contribution in [2.45, 2.75) is 26.3 Å². The van der Waals surface area contributed by atoms with E-state index in [1.807, 2.05) is 18.2 Å². The monoisotopic (exact) mass is 280 g/mol. The molecule has 0 aliphatic heterocycles. The first-order valence-corrected chi connectivity index (χ1v) is 7.29. The lowest BCUT2D eigenvalue weighted by Crippen LogP contribution is -2.14. The number of imidazole rings is 1. The molecule has 0 saturated heterocycles. The Morgan fingerprint density at radius 1 is 1.10 bits per heavy atom. The second-order valence-electron chi connectivity index (χ2n) is 5.83. The molecule has 0 radical (unpaired) electrons. The van der Waals surface area contributed by atoms with Crippen LogP contribution in [0.2, 0.25) is 0 Å². The minimum atomic E-state index is -0.0400. The van der Waals surface area contributed by atoms with E-state index in [4.69, 9.17) is 5.73 Å². The predicted molar refractivity (Wildman–Crippen MR) is 85.7 cm³/mol. The Kier molecular flexibility index (Phi) is 3.71. The fourth-order valence-corrected chi connectivity index (χ4v) is 2.55. The van der Waals surface area contributed by atoms with Gasteiger partial charge in [0.25, 0.3) is 0 Å². The molecule has 2 aromatic heterocycles. The van der Waals surface area contributed by atoms with Gasteiger partial charge in [0.15, 0.2) is 0 Å². The molecule has 4 nitrogen and oxygen atoms in total. The number of rotatable bonds is 4. The lowest BCUT2D eigenvalue weighted by atomic mass is 10.0. The van der Waals surface area contributed by atoms with Crippen molar-refractivity contribution in [1.82, 2.24) is 15.0 Å². The molecule has 108 valence electrons. The van der Waals surface area contributed by atoms with Crippen molar-refractivity contribution in [3.63, 3.8) is 0 Å². The first kappa shape index (κ1) is 13.8. The van der Waals surface area contributed by atoms with Gasteiger partial charge in [-0.05, 0) is 47.7 Å². The van der Waals surface area contributed by atoms with Crippen LogP contribution >= 0.6 is 0 Å². The van der Waals surface area contributed by atoms with E-state index in [1.54, 1.807) is 12.4 Å². The first-order chi connectivity index (χ1) is 10.1. The molecule has 0 saturated carbocycles. The third kappa shape index (κ3) is 2.95. The Labute approximate surface area is 124 Å². The van der Waals surface area contributed by atoms with Crippen molar-refractivity contribution in [2.24, 2.45) is 11.7 Å². The maximum Gasteiger partial charge on any atom is 0.124 e. The lowest BCUT2D eigenvalue weighted by Gasteiger charge is -2.10. The van der Waals surface area contributed by atoms with Gasteiger partial charge >= 0.3 is 0 Å². The number of benzene rings is 1. The van der Waals surface area contributed by atoms with Gasteiger partial charge in [-0.25, -0.2) is 4.98 Å². The zero-order valence-electron chi connectivity index (χ0n) is 12.4. The maximum absolute atomic E-state index is 6.21. The standard InChI is InChI=1S/C17H20N4/c1-11(2)9-14(18)17-20-15-4-3-13(10-16(15)21-17)12-5-7-19-8-6-12/h3-8,10-11,14H,9,18H2,1-2H3,(H,20,21)/t14-/m0/s1. The van der Waals surface area contributed by atoms with Gasteiger partial charge in [0, 0.05) is 12.4 Å². The van der Waals surface area contributed by atoms with Gasteiger partial charge in [-0.3, -0.25) is 4.98 Å². The lowest BCUT2D eigenvalue weighted by molar-refractivity contribution is 0.496. The predicted octanol–water partition coefficient (Wildman–Crippen LogP) is 3.67. The van der Waals surface area contributed by atoms with Gasteiger partial charge in [0.1, 0.15) is 5.82 Å². The molecule has 0 fully saturated rings. The molecule has 1 atom stereocenters. The molecule has 2 heterocycles. The van der Waals surface area contributed by atoms with Gasteiger partial charge in [-0.1, -0.05) is 19.9 Å². The van der Waals surface area contributed by atoms with Crippen molar-refractivity contribution in [3.8, 4) is 11.1 Å². The van der Waals surface area contributed by atoms with E-state index in [0.29, 0.717) is 5.92 Å². The van der Waals surface area contributed by atoms with Crippen molar-refractivity contribution in [2.75, 3.05) is 0 Å². The molecule has 0 amide bonds. The minimum absolute atomic E-state index is 0.0400. The van der Waals surface area contributed by atoms with Crippen LogP contribution < -0.4 is 5.73 Å². The normalized spacial score (nSPS) is 13.0. The van der Waals surface area contributed by atoms with Crippen molar-refractivity contribution in [3.05, 3.63) is 48.5 Å². The first-order valence-electron chi connectivity index (χ1n) is 7.29. The van der Waals surface area contributed by atoms with E-state index in [9.17, 15) is 0 Å². The van der Waals surface area contributed by atoms with Crippen LogP contribution in [0.1, 0.15) is 32.1 Å². The van der Waals surface area contributed by atoms with Crippen LogP contribution in [-0.4, -0.2) is 15.0 Å². The minimum Gasteiger partial charge on any atom is -0.341 e. The van der Waals surface area contributed by atoms with Gasteiger partial charge in [-0.15, -0.1) is 0 Å². The average Bonchev–Trinajstić information content (AvgIpc) is 2.90. The number of nitrogens with one attached hydrogen (secondary N) is 1. The van der Waals surface area contributed by atoms with Crippen LogP contribution in [0, 0.1) is 5.92 Å². The topological polar surface area (TPSA) is 67.6 Å². The number of nitrogens with two attached hydrogens (primary N) is 1. The Balaban J connectivity index is 1.95. The fourth-order valence-electron chi connectivity index (χ4n) is 2.55. The van der Waals surface area contributed by atoms with E-state index in [1.165, 1.54) is 0 Å². The van der Waals surface area contributed by atoms with Crippen molar-refractivity contribution < 1.29 is 0 Å². The Bertz CT molecular complexity index is 731. The molecule has 3 N–H and O–H groups in total. The smallest absolute Gasteiger partial charge is 0.124 e. The molecule has 0 aliphatic rings. The Morgan fingerprint density at radius 2 is 1.86 bits per heavy atom. The van der Waals surface area contributed by atoms with E-state index in [2.05, 4.69) is 40.9 Å². The molecule has 3 aromatic rings. The molecule has 4 heteroatoms. The SMILES string of the molecule is CC(C)C[C@H](N)c1nc2ccc(-c3ccncc3)cc2[nH]1. The maximum atomic E-state index is 6.21. The van der Waals surface area contributed by atoms with E-state index >= 15 is 0 Å². The zero-order chi connectivity index (χ0) is 14.8. The summed E-state index contributed by atoms with van der Waals surface area (Å²) in [7, 11) is 0. The van der Waals surface area contributed by atoms with Crippen LogP contribution in [0.4, 0.5) is 0 Å². The second kappa shape index (κ2) is 5.66. The van der Waals surface area contributed by atoms with E-state index in [0.717, 1.165) is 34.4 Å². The van der Waals surface area contributed by atoms with Gasteiger partial charge in [-0.2, -0.15) is 0 Å². The number of hydrogen-bond acceptors (Lipinski definition) is 3. The van der Waals surface area contributed by atoms with E-state index in [-0.39, 0.29) is 6.04 Å². The summed E-state index contributed by atoms with van der Waals surface area (Å²) in [5.41, 5.74) is 10.5. The summed E-state index contributed by atoms with van der Waals surface area (Å²) in [5.74, 6) is 1.42. The summed E-state index contributed by atoms with van der Waals surface area (Å²) in [5, 5.41) is 0. The number of hydrogen-bond donors (Lipinski definition) is 2. The number of fused-ring (bicyclic) bond motifs is 1. The van der Waals surface area contributed by atoms with Crippen molar-refractivity contribution >= 4 is 11.0 Å². The quantitative estimate of drug-likeness (QED) is 0.766. The highest BCUT2D eigenvalue weighted by molar-refractivity contribution is 5.81. The molecule has 1 aromatic carbocycles. The second-order valence-corrected chi connectivity index (χ2v) is 5.83. The van der Waals surface area contributed by atoms with Gasteiger partial charge in [0.2, 0.25) is 0 Å². The summed E-state index contributed by atoms with van der Waals surface area (Å²) in [6.45, 7) is 4.34. The highest BCUT2D eigenvalue weighted by Crippen LogP contribution is 2.25. The Hall–Kier alpha value is -2.20. The molecule has 0 aliphatic carbocycles. The van der Waals surface area contributed by atoms with Crippen LogP contribution in [-0.2, 0) is 0 Å². The largest absolute Gasteiger partial charge is 0.341 e. The summed E-state index contributed by atoms with van der Waals surface area (Å²) >= 11 is 0. The zero-order valence-corrected chi connectivity index (χ0v) is 12.4. The number of nitrogens with zero attached hydrogens (tertiary/aromatic N) is 2. The van der Waals surface area contributed by atoms with Crippen molar-refractivity contribution in [1.29, 1.82) is 0 Å². The van der Waals surface area contributed by atoms with E-state index < -0.39 is 0 Å². The summed E-state index contributed by atoms with van der Waals surface area (Å²) in [6, 6.07) is 10.2. The van der Waals surface area contributed by atoms with Gasteiger partial charge in [0.05, 0.1) is 17.1 Å². The fraction of sp³-hybridized carbons (Fsp3) is 0.294. The van der Waals surface area contributed by atoms with Crippen LogP contribution in [0.15, 0.2) is 42.7 Å². The number of H-pyrrole nitrogens is 1. The molecule has 3 rings (SSSR count). The third-order valence-corrected chi connectivity index (χ3v) is 3.59. The molecule has 0 bridgehead atoms. The molecule has 0 spiro atoms. The Morgan fingerprint density at radius 3 is 2.57 bits per heavy atom. The summed E-state index contributed by atoms with van der Waals surface area (Å²) < 4.78 is 0. The average molecular weight is 280 g/mol. The number of pyridine rings is 1. The van der Waals surface area contributed by atoms with Gasteiger partial charge < -0.3 is 10.7 Å². The molecule has 0 unspecified atom stereocenters. The number of aromatic amines is 1. The highest BCUT2D eigenvalue weighted by Gasteiger charge is 2.13.